The molecule has 0 spiro atoms. The Morgan fingerprint density at radius 1 is 1.20 bits per heavy atom. The SMILES string of the molecule is CC(O)=CC(O)=CC(=O)O. The number of carboxylic acids is 1. The van der Waals surface area contributed by atoms with E-state index in [0.29, 0.717) is 6.08 Å². The second kappa shape index (κ2) is 3.55. The average molecular weight is 144 g/mol. The van der Waals surface area contributed by atoms with E-state index >= 15 is 0 Å². The molecular formula is C6H8O4. The monoisotopic (exact) mass is 144 g/mol. The topological polar surface area (TPSA) is 77.8 Å². The van der Waals surface area contributed by atoms with Crippen molar-refractivity contribution in [2.75, 3.05) is 0 Å². The van der Waals surface area contributed by atoms with Gasteiger partial charge in [0.05, 0.1) is 11.8 Å². The Morgan fingerprint density at radius 2 is 1.70 bits per heavy atom. The van der Waals surface area contributed by atoms with Gasteiger partial charge in [-0.25, -0.2) is 4.79 Å². The summed E-state index contributed by atoms with van der Waals surface area (Å²) in [6, 6.07) is 0. The molecule has 0 aliphatic rings. The van der Waals surface area contributed by atoms with Gasteiger partial charge in [0.25, 0.3) is 0 Å². The second-order valence-electron chi connectivity index (χ2n) is 1.69. The molecule has 0 aliphatic carbocycles. The van der Waals surface area contributed by atoms with Crippen molar-refractivity contribution in [3.8, 4) is 0 Å². The smallest absolute Gasteiger partial charge is 0.332 e. The average Bonchev–Trinajstić information content (AvgIpc) is 1.58. The summed E-state index contributed by atoms with van der Waals surface area (Å²) >= 11 is 0. The number of carbonyl (C=O) groups is 1. The van der Waals surface area contributed by atoms with Crippen molar-refractivity contribution >= 4 is 5.97 Å². The van der Waals surface area contributed by atoms with Gasteiger partial charge in [-0.05, 0) is 6.92 Å². The Labute approximate surface area is 57.7 Å². The van der Waals surface area contributed by atoms with Gasteiger partial charge in [-0.15, -0.1) is 0 Å². The molecule has 3 N–H and O–H groups in total. The summed E-state index contributed by atoms with van der Waals surface area (Å²) in [5, 5.41) is 25.2. The summed E-state index contributed by atoms with van der Waals surface area (Å²) < 4.78 is 0. The van der Waals surface area contributed by atoms with Crippen molar-refractivity contribution in [2.24, 2.45) is 0 Å². The fourth-order valence-corrected chi connectivity index (χ4v) is 0.382. The first-order chi connectivity index (χ1) is 4.52. The molecule has 4 nitrogen and oxygen atoms in total. The zero-order chi connectivity index (χ0) is 8.15. The predicted molar refractivity (Wildman–Crippen MR) is 34.7 cm³/mol. The normalized spacial score (nSPS) is 13.3. The van der Waals surface area contributed by atoms with E-state index in [1.165, 1.54) is 6.92 Å². The molecule has 0 bridgehead atoms. The minimum atomic E-state index is -1.25. The highest BCUT2D eigenvalue weighted by Crippen LogP contribution is 1.94. The number of aliphatic hydroxyl groups is 2. The molecule has 0 aromatic rings. The van der Waals surface area contributed by atoms with Gasteiger partial charge in [0.2, 0.25) is 0 Å². The van der Waals surface area contributed by atoms with Crippen molar-refractivity contribution in [3.63, 3.8) is 0 Å². The van der Waals surface area contributed by atoms with Crippen LogP contribution in [0.5, 0.6) is 0 Å². The van der Waals surface area contributed by atoms with E-state index in [1.54, 1.807) is 0 Å². The maximum absolute atomic E-state index is 9.84. The Kier molecular flexibility index (Phi) is 3.04. The summed E-state index contributed by atoms with van der Waals surface area (Å²) in [7, 11) is 0. The lowest BCUT2D eigenvalue weighted by Crippen LogP contribution is -1.90. The highest BCUT2D eigenvalue weighted by Gasteiger charge is 1.92. The summed E-state index contributed by atoms with van der Waals surface area (Å²) in [6.45, 7) is 1.33. The van der Waals surface area contributed by atoms with Crippen LogP contribution >= 0.6 is 0 Å². The van der Waals surface area contributed by atoms with Crippen LogP contribution in [-0.4, -0.2) is 21.3 Å². The van der Waals surface area contributed by atoms with Crippen LogP contribution in [0.15, 0.2) is 23.7 Å². The lowest BCUT2D eigenvalue weighted by Gasteiger charge is -1.88. The van der Waals surface area contributed by atoms with Crippen molar-refractivity contribution in [3.05, 3.63) is 23.7 Å². The minimum absolute atomic E-state index is 0.144. The van der Waals surface area contributed by atoms with E-state index in [0.717, 1.165) is 6.08 Å². The van der Waals surface area contributed by atoms with Gasteiger partial charge >= 0.3 is 5.97 Å². The molecule has 0 fully saturated rings. The molecule has 0 heterocycles. The van der Waals surface area contributed by atoms with Crippen LogP contribution in [0, 0.1) is 0 Å². The number of hydrogen-bond donors (Lipinski definition) is 3. The van der Waals surface area contributed by atoms with Gasteiger partial charge in [-0.2, -0.15) is 0 Å². The fraction of sp³-hybridized carbons (Fsp3) is 0.167. The number of carboxylic acid groups (broad SMARTS) is 1. The molecule has 0 unspecified atom stereocenters. The van der Waals surface area contributed by atoms with E-state index in [9.17, 15) is 4.79 Å². The maximum atomic E-state index is 9.84. The molecule has 10 heavy (non-hydrogen) atoms. The minimum Gasteiger partial charge on any atom is -0.512 e. The molecule has 0 aromatic carbocycles. The van der Waals surface area contributed by atoms with E-state index in [4.69, 9.17) is 15.3 Å². The summed E-state index contributed by atoms with van der Waals surface area (Å²) in [4.78, 5) is 9.84. The quantitative estimate of drug-likeness (QED) is 0.306. The molecule has 0 saturated heterocycles. The standard InChI is InChI=1S/C6H8O4/c1-4(7)2-5(8)3-6(9)10/h2-3,7-8H,1H3,(H,9,10). The summed E-state index contributed by atoms with van der Waals surface area (Å²) in [5.74, 6) is -1.88. The molecule has 0 radical (unpaired) electrons. The Morgan fingerprint density at radius 3 is 2.00 bits per heavy atom. The van der Waals surface area contributed by atoms with E-state index in [-0.39, 0.29) is 5.76 Å². The first-order valence-electron chi connectivity index (χ1n) is 2.53. The zero-order valence-corrected chi connectivity index (χ0v) is 5.40. The molecular weight excluding hydrogens is 136 g/mol. The molecule has 0 aromatic heterocycles. The number of aliphatic hydroxyl groups excluding tert-OH is 2. The summed E-state index contributed by atoms with van der Waals surface area (Å²) in [6.07, 6.45) is 1.52. The number of allylic oxidation sites excluding steroid dienone is 2. The highest BCUT2D eigenvalue weighted by molar-refractivity contribution is 5.80. The molecule has 0 aliphatic heterocycles. The van der Waals surface area contributed by atoms with Crippen LogP contribution in [0.1, 0.15) is 6.92 Å². The van der Waals surface area contributed by atoms with Gasteiger partial charge < -0.3 is 15.3 Å². The predicted octanol–water partition coefficient (Wildman–Crippen LogP) is 0.975. The number of rotatable bonds is 2. The van der Waals surface area contributed by atoms with Crippen molar-refractivity contribution in [2.45, 2.75) is 6.92 Å². The third-order valence-electron chi connectivity index (χ3n) is 0.628. The molecule has 4 heteroatoms. The first kappa shape index (κ1) is 8.55. The third kappa shape index (κ3) is 4.70. The third-order valence-corrected chi connectivity index (χ3v) is 0.628. The van der Waals surface area contributed by atoms with Gasteiger partial charge in [-0.3, -0.25) is 0 Å². The molecule has 0 atom stereocenters. The van der Waals surface area contributed by atoms with Gasteiger partial charge in [0.1, 0.15) is 5.76 Å². The molecule has 56 valence electrons. The Hall–Kier alpha value is -1.45. The lowest BCUT2D eigenvalue weighted by atomic mass is 10.4. The molecule has 0 rings (SSSR count). The zero-order valence-electron chi connectivity index (χ0n) is 5.40. The second-order valence-corrected chi connectivity index (χ2v) is 1.69. The van der Waals surface area contributed by atoms with Gasteiger partial charge in [-0.1, -0.05) is 0 Å². The van der Waals surface area contributed by atoms with E-state index in [2.05, 4.69) is 0 Å². The van der Waals surface area contributed by atoms with Crippen molar-refractivity contribution in [1.29, 1.82) is 0 Å². The van der Waals surface area contributed by atoms with Crippen LogP contribution in [0.25, 0.3) is 0 Å². The van der Waals surface area contributed by atoms with E-state index < -0.39 is 11.7 Å². The lowest BCUT2D eigenvalue weighted by molar-refractivity contribution is -0.131. The van der Waals surface area contributed by atoms with E-state index in [1.807, 2.05) is 0 Å². The number of aliphatic carboxylic acids is 1. The van der Waals surface area contributed by atoms with Crippen LogP contribution < -0.4 is 0 Å². The van der Waals surface area contributed by atoms with Crippen LogP contribution in [0.4, 0.5) is 0 Å². The number of hydrogen-bond acceptors (Lipinski definition) is 3. The summed E-state index contributed by atoms with van der Waals surface area (Å²) in [5.41, 5.74) is 0. The van der Waals surface area contributed by atoms with Crippen LogP contribution in [0.2, 0.25) is 0 Å². The molecule has 0 amide bonds. The van der Waals surface area contributed by atoms with Gasteiger partial charge in [0.15, 0.2) is 0 Å². The fourth-order valence-electron chi connectivity index (χ4n) is 0.382. The van der Waals surface area contributed by atoms with Crippen LogP contribution in [0.3, 0.4) is 0 Å². The van der Waals surface area contributed by atoms with Crippen LogP contribution in [-0.2, 0) is 4.79 Å². The highest BCUT2D eigenvalue weighted by atomic mass is 16.4. The Balaban J connectivity index is 4.22. The largest absolute Gasteiger partial charge is 0.512 e. The van der Waals surface area contributed by atoms with Gasteiger partial charge in [0, 0.05) is 6.08 Å². The maximum Gasteiger partial charge on any atom is 0.332 e. The Bertz CT molecular complexity index is 186. The van der Waals surface area contributed by atoms with Crippen molar-refractivity contribution < 1.29 is 20.1 Å². The first-order valence-corrected chi connectivity index (χ1v) is 2.53. The van der Waals surface area contributed by atoms with Crippen molar-refractivity contribution in [1.82, 2.24) is 0 Å². The molecule has 0 saturated carbocycles.